The quantitative estimate of drug-likeness (QED) is 0.181. The van der Waals surface area contributed by atoms with Gasteiger partial charge in [-0.15, -0.1) is 0 Å². The molecule has 0 fully saturated rings. The summed E-state index contributed by atoms with van der Waals surface area (Å²) in [7, 11) is 0. The molecule has 3 aromatic rings. The van der Waals surface area contributed by atoms with Crippen LogP contribution in [0.3, 0.4) is 0 Å². The van der Waals surface area contributed by atoms with Crippen LogP contribution in [-0.2, 0) is 0 Å². The number of nitro groups is 1. The Morgan fingerprint density at radius 1 is 1.06 bits per heavy atom. The Morgan fingerprint density at radius 2 is 1.84 bits per heavy atom. The van der Waals surface area contributed by atoms with Crippen LogP contribution in [0.4, 0.5) is 5.69 Å². The van der Waals surface area contributed by atoms with E-state index in [1.54, 1.807) is 48.5 Å². The molecule has 0 saturated carbocycles. The van der Waals surface area contributed by atoms with Gasteiger partial charge in [0.15, 0.2) is 5.76 Å². The molecule has 1 heterocycles. The first-order chi connectivity index (χ1) is 15.4. The van der Waals surface area contributed by atoms with E-state index in [2.05, 4.69) is 0 Å². The molecule has 0 radical (unpaired) electrons. The maximum atomic E-state index is 12.6. The summed E-state index contributed by atoms with van der Waals surface area (Å²) >= 11 is 0. The number of non-ortho nitro benzene ring substituents is 1. The Morgan fingerprint density at radius 3 is 2.56 bits per heavy atom. The third kappa shape index (κ3) is 4.34. The average molecular weight is 431 g/mol. The highest BCUT2D eigenvalue weighted by molar-refractivity contribution is 6.14. The van der Waals surface area contributed by atoms with Crippen LogP contribution in [0.2, 0.25) is 0 Å². The number of nitrogens with zero attached hydrogens (tertiary/aromatic N) is 1. The molecule has 8 nitrogen and oxygen atoms in total. The fraction of sp³-hybridized carbons (Fsp3) is 0.0833. The second-order valence-electron chi connectivity index (χ2n) is 6.80. The maximum Gasteiger partial charge on any atom is 0.343 e. The van der Waals surface area contributed by atoms with Gasteiger partial charge in [0, 0.05) is 18.2 Å². The van der Waals surface area contributed by atoms with Crippen LogP contribution in [0, 0.1) is 10.1 Å². The summed E-state index contributed by atoms with van der Waals surface area (Å²) in [6, 6.07) is 16.7. The Kier molecular flexibility index (Phi) is 5.67. The standard InChI is InChI=1S/C24H17NO7/c1-2-30-18-10-11-20-21(14-18)32-22(23(20)26)13-15-4-3-5-19(12-15)31-24(27)16-6-8-17(9-7-16)25(28)29/h3-14H,2H2,1H3/b22-13-. The molecule has 0 spiro atoms. The van der Waals surface area contributed by atoms with Crippen LogP contribution in [-0.4, -0.2) is 23.3 Å². The van der Waals surface area contributed by atoms with Crippen molar-refractivity contribution < 1.29 is 28.7 Å². The zero-order valence-corrected chi connectivity index (χ0v) is 16.9. The van der Waals surface area contributed by atoms with Crippen LogP contribution in [0.5, 0.6) is 17.2 Å². The van der Waals surface area contributed by atoms with E-state index < -0.39 is 10.9 Å². The zero-order chi connectivity index (χ0) is 22.7. The number of nitro benzene ring substituents is 1. The van der Waals surface area contributed by atoms with Crippen LogP contribution in [0.15, 0.2) is 72.5 Å². The molecule has 3 aromatic carbocycles. The van der Waals surface area contributed by atoms with Crippen molar-refractivity contribution in [3.05, 3.63) is 99.3 Å². The monoisotopic (exact) mass is 431 g/mol. The minimum atomic E-state index is -0.659. The SMILES string of the molecule is CCOc1ccc2c(c1)O/C(=C\c1cccc(OC(=O)c3ccc([N+](=O)[O-])cc3)c1)C2=O. The lowest BCUT2D eigenvalue weighted by Gasteiger charge is -2.06. The summed E-state index contributed by atoms with van der Waals surface area (Å²) in [4.78, 5) is 35.2. The highest BCUT2D eigenvalue weighted by atomic mass is 16.6. The van der Waals surface area contributed by atoms with Gasteiger partial charge in [0.2, 0.25) is 5.78 Å². The summed E-state index contributed by atoms with van der Waals surface area (Å²) < 4.78 is 16.5. The number of ketones is 1. The van der Waals surface area contributed by atoms with Gasteiger partial charge in [-0.05, 0) is 55.0 Å². The molecule has 1 aliphatic rings. The number of hydrogen-bond donors (Lipinski definition) is 0. The molecule has 1 aliphatic heterocycles. The molecule has 160 valence electrons. The number of esters is 1. The Labute approximate surface area is 182 Å². The molecular weight excluding hydrogens is 414 g/mol. The van der Waals surface area contributed by atoms with Crippen LogP contribution < -0.4 is 14.2 Å². The van der Waals surface area contributed by atoms with Crippen molar-refractivity contribution in [2.75, 3.05) is 6.61 Å². The van der Waals surface area contributed by atoms with E-state index in [1.165, 1.54) is 24.3 Å². The molecule has 0 amide bonds. The van der Waals surface area contributed by atoms with Crippen molar-refractivity contribution in [2.45, 2.75) is 6.92 Å². The van der Waals surface area contributed by atoms with E-state index in [9.17, 15) is 19.7 Å². The van der Waals surface area contributed by atoms with Gasteiger partial charge < -0.3 is 14.2 Å². The van der Waals surface area contributed by atoms with Crippen molar-refractivity contribution in [3.8, 4) is 17.2 Å². The summed E-state index contributed by atoms with van der Waals surface area (Å²) in [5.41, 5.74) is 1.10. The largest absolute Gasteiger partial charge is 0.494 e. The minimum Gasteiger partial charge on any atom is -0.494 e. The number of fused-ring (bicyclic) bond motifs is 1. The Bertz CT molecular complexity index is 1250. The number of Topliss-reactive ketones (excluding diaryl/α,β-unsaturated/α-hetero) is 1. The Hall–Kier alpha value is -4.46. The minimum absolute atomic E-state index is 0.120. The number of allylic oxidation sites excluding steroid dienone is 1. The van der Waals surface area contributed by atoms with Crippen LogP contribution in [0.1, 0.15) is 33.2 Å². The second-order valence-corrected chi connectivity index (χ2v) is 6.80. The van der Waals surface area contributed by atoms with Gasteiger partial charge in [0.25, 0.3) is 5.69 Å². The molecule has 0 aliphatic carbocycles. The third-order valence-corrected chi connectivity index (χ3v) is 4.63. The van der Waals surface area contributed by atoms with E-state index in [0.717, 1.165) is 0 Å². The summed E-state index contributed by atoms with van der Waals surface area (Å²) in [6.07, 6.45) is 1.56. The first-order valence-electron chi connectivity index (χ1n) is 9.72. The van der Waals surface area contributed by atoms with Gasteiger partial charge in [-0.1, -0.05) is 12.1 Å². The average Bonchev–Trinajstić information content (AvgIpc) is 3.09. The molecule has 0 atom stereocenters. The first-order valence-corrected chi connectivity index (χ1v) is 9.72. The van der Waals surface area contributed by atoms with Gasteiger partial charge in [0.1, 0.15) is 17.2 Å². The molecule has 4 rings (SSSR count). The normalized spacial score (nSPS) is 13.4. The number of carbonyl (C=O) groups excluding carboxylic acids is 2. The highest BCUT2D eigenvalue weighted by Crippen LogP contribution is 2.35. The van der Waals surface area contributed by atoms with E-state index in [0.29, 0.717) is 29.2 Å². The molecular formula is C24H17NO7. The number of ether oxygens (including phenoxy) is 3. The third-order valence-electron chi connectivity index (χ3n) is 4.63. The number of hydrogen-bond acceptors (Lipinski definition) is 7. The number of carbonyl (C=O) groups is 2. The molecule has 0 saturated heterocycles. The predicted molar refractivity (Wildman–Crippen MR) is 115 cm³/mol. The van der Waals surface area contributed by atoms with Crippen molar-refractivity contribution in [1.29, 1.82) is 0 Å². The van der Waals surface area contributed by atoms with E-state index in [-0.39, 0.29) is 28.5 Å². The van der Waals surface area contributed by atoms with Crippen LogP contribution in [0.25, 0.3) is 6.08 Å². The summed E-state index contributed by atoms with van der Waals surface area (Å²) in [5.74, 6) is 0.523. The molecule has 0 N–H and O–H groups in total. The van der Waals surface area contributed by atoms with Gasteiger partial charge in [0.05, 0.1) is 22.7 Å². The van der Waals surface area contributed by atoms with Gasteiger partial charge in [-0.3, -0.25) is 14.9 Å². The number of benzene rings is 3. The zero-order valence-electron chi connectivity index (χ0n) is 16.9. The fourth-order valence-corrected chi connectivity index (χ4v) is 3.13. The second kappa shape index (κ2) is 8.73. The van der Waals surface area contributed by atoms with E-state index in [1.807, 2.05) is 6.92 Å². The summed E-state index contributed by atoms with van der Waals surface area (Å²) in [6.45, 7) is 2.37. The molecule has 0 unspecified atom stereocenters. The van der Waals surface area contributed by atoms with E-state index >= 15 is 0 Å². The maximum absolute atomic E-state index is 12.6. The summed E-state index contributed by atoms with van der Waals surface area (Å²) in [5, 5.41) is 10.7. The lowest BCUT2D eigenvalue weighted by Crippen LogP contribution is -2.08. The molecule has 0 aromatic heterocycles. The van der Waals surface area contributed by atoms with Crippen molar-refractivity contribution in [1.82, 2.24) is 0 Å². The topological polar surface area (TPSA) is 105 Å². The van der Waals surface area contributed by atoms with Gasteiger partial charge in [-0.25, -0.2) is 4.79 Å². The molecule has 8 heteroatoms. The van der Waals surface area contributed by atoms with Gasteiger partial charge >= 0.3 is 5.97 Å². The van der Waals surface area contributed by atoms with E-state index in [4.69, 9.17) is 14.2 Å². The number of rotatable bonds is 6. The predicted octanol–water partition coefficient (Wildman–Crippen LogP) is 4.83. The Balaban J connectivity index is 1.50. The molecule has 0 bridgehead atoms. The lowest BCUT2D eigenvalue weighted by atomic mass is 10.1. The van der Waals surface area contributed by atoms with Crippen molar-refractivity contribution in [3.63, 3.8) is 0 Å². The van der Waals surface area contributed by atoms with Gasteiger partial charge in [-0.2, -0.15) is 0 Å². The lowest BCUT2D eigenvalue weighted by molar-refractivity contribution is -0.384. The molecule has 32 heavy (non-hydrogen) atoms. The van der Waals surface area contributed by atoms with Crippen LogP contribution >= 0.6 is 0 Å². The fourth-order valence-electron chi connectivity index (χ4n) is 3.13. The van der Waals surface area contributed by atoms with Crippen molar-refractivity contribution in [2.24, 2.45) is 0 Å². The first kappa shape index (κ1) is 20.8. The smallest absolute Gasteiger partial charge is 0.343 e. The highest BCUT2D eigenvalue weighted by Gasteiger charge is 2.27. The van der Waals surface area contributed by atoms with Crippen molar-refractivity contribution >= 4 is 23.5 Å².